The van der Waals surface area contributed by atoms with Gasteiger partial charge in [0.2, 0.25) is 5.78 Å². The molecule has 0 saturated carbocycles. The quantitative estimate of drug-likeness (QED) is 0.353. The Bertz CT molecular complexity index is 1010. The lowest BCUT2D eigenvalue weighted by molar-refractivity contribution is -0.384. The fourth-order valence-electron chi connectivity index (χ4n) is 2.40. The number of imidazole rings is 1. The van der Waals surface area contributed by atoms with Crippen LogP contribution in [0.4, 0.5) is 5.69 Å². The van der Waals surface area contributed by atoms with E-state index in [0.717, 1.165) is 21.8 Å². The van der Waals surface area contributed by atoms with E-state index in [-0.39, 0.29) is 5.69 Å². The molecular formula is C15H11N5O2S. The van der Waals surface area contributed by atoms with Crippen molar-refractivity contribution in [1.29, 1.82) is 0 Å². The SMILES string of the molecule is O=[N+]([O-])c1ccc(CSc2n[nH]c3nc4ccccc4n23)cc1. The van der Waals surface area contributed by atoms with Gasteiger partial charge in [-0.1, -0.05) is 36.0 Å². The van der Waals surface area contributed by atoms with Crippen molar-refractivity contribution in [1.82, 2.24) is 19.6 Å². The van der Waals surface area contributed by atoms with Gasteiger partial charge in [-0.2, -0.15) is 0 Å². The number of benzene rings is 2. The summed E-state index contributed by atoms with van der Waals surface area (Å²) in [6, 6.07) is 14.4. The minimum Gasteiger partial charge on any atom is -0.258 e. The molecule has 23 heavy (non-hydrogen) atoms. The minimum absolute atomic E-state index is 0.0986. The van der Waals surface area contributed by atoms with Crippen molar-refractivity contribution in [2.45, 2.75) is 10.9 Å². The zero-order valence-electron chi connectivity index (χ0n) is 11.8. The first-order valence-electron chi connectivity index (χ1n) is 6.90. The first-order chi connectivity index (χ1) is 11.2. The molecular weight excluding hydrogens is 314 g/mol. The summed E-state index contributed by atoms with van der Waals surface area (Å²) in [4.78, 5) is 14.8. The number of H-pyrrole nitrogens is 1. The van der Waals surface area contributed by atoms with Crippen LogP contribution in [0.1, 0.15) is 5.56 Å². The Balaban J connectivity index is 1.61. The van der Waals surface area contributed by atoms with Crippen LogP contribution in [0.25, 0.3) is 16.8 Å². The molecule has 1 N–H and O–H groups in total. The summed E-state index contributed by atoms with van der Waals surface area (Å²) in [6.45, 7) is 0. The van der Waals surface area contributed by atoms with E-state index >= 15 is 0 Å². The van der Waals surface area contributed by atoms with Crippen molar-refractivity contribution in [2.24, 2.45) is 0 Å². The fraction of sp³-hybridized carbons (Fsp3) is 0.0667. The number of aromatic nitrogens is 4. The maximum Gasteiger partial charge on any atom is 0.269 e. The number of thioether (sulfide) groups is 1. The number of nitro groups is 1. The van der Waals surface area contributed by atoms with Crippen LogP contribution in [0.2, 0.25) is 0 Å². The highest BCUT2D eigenvalue weighted by atomic mass is 32.2. The lowest BCUT2D eigenvalue weighted by atomic mass is 10.2. The molecule has 114 valence electrons. The number of nitrogens with zero attached hydrogens (tertiary/aromatic N) is 4. The lowest BCUT2D eigenvalue weighted by Crippen LogP contribution is -1.89. The Kier molecular flexibility index (Phi) is 3.23. The smallest absolute Gasteiger partial charge is 0.258 e. The Morgan fingerprint density at radius 2 is 1.96 bits per heavy atom. The molecule has 0 radical (unpaired) electrons. The molecule has 0 atom stereocenters. The van der Waals surface area contributed by atoms with Gasteiger partial charge < -0.3 is 0 Å². The number of non-ortho nitro benzene ring substituents is 1. The van der Waals surface area contributed by atoms with Gasteiger partial charge in [-0.15, -0.1) is 5.10 Å². The molecule has 0 bridgehead atoms. The third-order valence-corrected chi connectivity index (χ3v) is 4.53. The van der Waals surface area contributed by atoms with Crippen LogP contribution in [0.5, 0.6) is 0 Å². The highest BCUT2D eigenvalue weighted by Crippen LogP contribution is 2.26. The molecule has 0 aliphatic carbocycles. The van der Waals surface area contributed by atoms with Crippen molar-refractivity contribution in [3.8, 4) is 0 Å². The van der Waals surface area contributed by atoms with Gasteiger partial charge in [0.1, 0.15) is 0 Å². The van der Waals surface area contributed by atoms with Crippen molar-refractivity contribution in [2.75, 3.05) is 0 Å². The van der Waals surface area contributed by atoms with Gasteiger partial charge in [-0.05, 0) is 17.7 Å². The Hall–Kier alpha value is -2.87. The number of hydrogen-bond donors (Lipinski definition) is 1. The highest BCUT2D eigenvalue weighted by Gasteiger charge is 2.12. The molecule has 0 spiro atoms. The van der Waals surface area contributed by atoms with E-state index in [9.17, 15) is 10.1 Å². The van der Waals surface area contributed by atoms with Crippen molar-refractivity contribution in [3.05, 3.63) is 64.2 Å². The maximum atomic E-state index is 10.7. The van der Waals surface area contributed by atoms with Crippen molar-refractivity contribution < 1.29 is 4.92 Å². The van der Waals surface area contributed by atoms with Gasteiger partial charge in [-0.25, -0.2) is 10.1 Å². The molecule has 4 rings (SSSR count). The lowest BCUT2D eigenvalue weighted by Gasteiger charge is -2.00. The average molecular weight is 325 g/mol. The average Bonchev–Trinajstić information content (AvgIpc) is 3.12. The van der Waals surface area contributed by atoms with Crippen molar-refractivity contribution >= 4 is 34.3 Å². The van der Waals surface area contributed by atoms with Crippen molar-refractivity contribution in [3.63, 3.8) is 0 Å². The van der Waals surface area contributed by atoms with Gasteiger partial charge in [0.15, 0.2) is 5.16 Å². The molecule has 0 saturated heterocycles. The summed E-state index contributed by atoms with van der Waals surface area (Å²) in [6.07, 6.45) is 0. The number of nitro benzene ring substituents is 1. The van der Waals surface area contributed by atoms with E-state index in [4.69, 9.17) is 0 Å². The highest BCUT2D eigenvalue weighted by molar-refractivity contribution is 7.98. The van der Waals surface area contributed by atoms with E-state index in [2.05, 4.69) is 15.2 Å². The standard InChI is InChI=1S/C15H11N5O2S/c21-20(22)11-7-5-10(6-8-11)9-23-15-18-17-14-16-12-3-1-2-4-13(12)19(14)15/h1-8H,9H2,(H,16,17). The molecule has 2 aromatic heterocycles. The van der Waals surface area contributed by atoms with Gasteiger partial charge in [0.25, 0.3) is 5.69 Å². The second-order valence-electron chi connectivity index (χ2n) is 4.98. The number of aromatic amines is 1. The monoisotopic (exact) mass is 325 g/mol. The predicted octanol–water partition coefficient (Wildman–Crippen LogP) is 3.41. The Labute approximate surface area is 134 Å². The molecule has 4 aromatic rings. The van der Waals surface area contributed by atoms with Gasteiger partial charge >= 0.3 is 0 Å². The molecule has 0 fully saturated rings. The van der Waals surface area contributed by atoms with Crippen LogP contribution in [0.15, 0.2) is 53.7 Å². The fourth-order valence-corrected chi connectivity index (χ4v) is 3.31. The third-order valence-electron chi connectivity index (χ3n) is 3.52. The van der Waals surface area contributed by atoms with Crippen LogP contribution >= 0.6 is 11.8 Å². The Morgan fingerprint density at radius 3 is 2.74 bits per heavy atom. The molecule has 2 aromatic carbocycles. The Morgan fingerprint density at radius 1 is 1.17 bits per heavy atom. The second-order valence-corrected chi connectivity index (χ2v) is 5.92. The first-order valence-corrected chi connectivity index (χ1v) is 7.88. The van der Waals surface area contributed by atoms with E-state index < -0.39 is 4.92 Å². The number of rotatable bonds is 4. The van der Waals surface area contributed by atoms with E-state index in [1.54, 1.807) is 23.9 Å². The molecule has 0 aliphatic heterocycles. The van der Waals surface area contributed by atoms with Gasteiger partial charge in [0.05, 0.1) is 16.0 Å². The minimum atomic E-state index is -0.397. The number of nitrogens with one attached hydrogen (secondary N) is 1. The normalized spacial score (nSPS) is 11.3. The van der Waals surface area contributed by atoms with E-state index in [0.29, 0.717) is 11.5 Å². The summed E-state index contributed by atoms with van der Waals surface area (Å²) in [5.41, 5.74) is 3.02. The predicted molar refractivity (Wildman–Crippen MR) is 87.5 cm³/mol. The second kappa shape index (κ2) is 5.40. The number of fused-ring (bicyclic) bond motifs is 3. The molecule has 7 nitrogen and oxygen atoms in total. The van der Waals surface area contributed by atoms with Gasteiger partial charge in [0, 0.05) is 17.9 Å². The number of para-hydroxylation sites is 2. The van der Waals surface area contributed by atoms with Crippen LogP contribution in [0.3, 0.4) is 0 Å². The first kappa shape index (κ1) is 13.8. The summed E-state index contributed by atoms with van der Waals surface area (Å²) in [5, 5.41) is 18.7. The molecule has 0 unspecified atom stereocenters. The van der Waals surface area contributed by atoms with Crippen LogP contribution in [0, 0.1) is 10.1 Å². The molecule has 8 heteroatoms. The maximum absolute atomic E-state index is 10.7. The zero-order chi connectivity index (χ0) is 15.8. The number of hydrogen-bond acceptors (Lipinski definition) is 5. The van der Waals surface area contributed by atoms with E-state index in [1.165, 1.54) is 12.1 Å². The van der Waals surface area contributed by atoms with Crippen LogP contribution < -0.4 is 0 Å². The third kappa shape index (κ3) is 2.42. The summed E-state index contributed by atoms with van der Waals surface area (Å²) < 4.78 is 1.98. The van der Waals surface area contributed by atoms with Gasteiger partial charge in [-0.3, -0.25) is 14.5 Å². The van der Waals surface area contributed by atoms with Crippen LogP contribution in [-0.4, -0.2) is 24.5 Å². The summed E-state index contributed by atoms with van der Waals surface area (Å²) in [5.74, 6) is 1.38. The largest absolute Gasteiger partial charge is 0.269 e. The molecule has 2 heterocycles. The molecule has 0 aliphatic rings. The van der Waals surface area contributed by atoms with Crippen LogP contribution in [-0.2, 0) is 5.75 Å². The molecule has 0 amide bonds. The van der Waals surface area contributed by atoms with E-state index in [1.807, 2.05) is 28.7 Å². The topological polar surface area (TPSA) is 89.1 Å². The summed E-state index contributed by atoms with van der Waals surface area (Å²) >= 11 is 1.55. The zero-order valence-corrected chi connectivity index (χ0v) is 12.7. The summed E-state index contributed by atoms with van der Waals surface area (Å²) in [7, 11) is 0.